The largest absolute Gasteiger partial charge is 0.444 e. The standard InChI is InChI=1S/C21H26N4O5/c1-21(2,3)30-20(28)24-9-6-13(7-10-24)18-22-15-5-4-14(12-16(15)29-18)25-11-8-17(26)23-19(25)27/h4-5,12-13H,6-11H2,1-3H3,(H,23,26,27). The van der Waals surface area contributed by atoms with Gasteiger partial charge >= 0.3 is 12.1 Å². The molecule has 2 fully saturated rings. The number of benzene rings is 1. The Bertz CT molecular complexity index is 985. The summed E-state index contributed by atoms with van der Waals surface area (Å²) in [4.78, 5) is 43.5. The monoisotopic (exact) mass is 414 g/mol. The molecule has 9 nitrogen and oxygen atoms in total. The first-order valence-electron chi connectivity index (χ1n) is 10.2. The minimum absolute atomic E-state index is 0.121. The van der Waals surface area contributed by atoms with Crippen molar-refractivity contribution in [1.29, 1.82) is 0 Å². The van der Waals surface area contributed by atoms with E-state index in [9.17, 15) is 14.4 Å². The maximum absolute atomic E-state index is 12.2. The van der Waals surface area contributed by atoms with Crippen LogP contribution in [0.1, 0.15) is 51.8 Å². The fourth-order valence-corrected chi connectivity index (χ4v) is 3.72. The molecule has 9 heteroatoms. The number of urea groups is 1. The quantitative estimate of drug-likeness (QED) is 0.808. The van der Waals surface area contributed by atoms with Gasteiger partial charge in [-0.05, 0) is 45.7 Å². The van der Waals surface area contributed by atoms with Crippen molar-refractivity contribution in [3.8, 4) is 0 Å². The van der Waals surface area contributed by atoms with E-state index < -0.39 is 11.6 Å². The molecule has 1 N–H and O–H groups in total. The number of rotatable bonds is 2. The number of likely N-dealkylation sites (tertiary alicyclic amines) is 1. The molecule has 0 aliphatic carbocycles. The third-order valence-corrected chi connectivity index (χ3v) is 5.25. The van der Waals surface area contributed by atoms with Crippen LogP contribution in [0.2, 0.25) is 0 Å². The number of amides is 4. The van der Waals surface area contributed by atoms with Crippen molar-refractivity contribution in [2.45, 2.75) is 51.6 Å². The van der Waals surface area contributed by atoms with E-state index in [4.69, 9.17) is 9.15 Å². The lowest BCUT2D eigenvalue weighted by Crippen LogP contribution is -2.49. The number of piperidine rings is 1. The Hall–Kier alpha value is -3.10. The molecule has 0 unspecified atom stereocenters. The number of hydrogen-bond donors (Lipinski definition) is 1. The highest BCUT2D eigenvalue weighted by molar-refractivity contribution is 6.06. The lowest BCUT2D eigenvalue weighted by Gasteiger charge is -2.32. The minimum atomic E-state index is -0.509. The molecular formula is C21H26N4O5. The molecule has 0 bridgehead atoms. The van der Waals surface area contributed by atoms with E-state index in [0.29, 0.717) is 36.8 Å². The number of carbonyl (C=O) groups is 3. The van der Waals surface area contributed by atoms with Gasteiger partial charge in [0, 0.05) is 43.7 Å². The molecule has 3 heterocycles. The van der Waals surface area contributed by atoms with Crippen molar-refractivity contribution >= 4 is 34.8 Å². The summed E-state index contributed by atoms with van der Waals surface area (Å²) in [5.41, 5.74) is 1.47. The topological polar surface area (TPSA) is 105 Å². The second-order valence-electron chi connectivity index (χ2n) is 8.70. The highest BCUT2D eigenvalue weighted by Gasteiger charge is 2.30. The Morgan fingerprint density at radius 2 is 1.93 bits per heavy atom. The molecule has 1 aromatic heterocycles. The van der Waals surface area contributed by atoms with E-state index in [2.05, 4.69) is 10.3 Å². The van der Waals surface area contributed by atoms with E-state index in [1.54, 1.807) is 17.0 Å². The van der Waals surface area contributed by atoms with Crippen LogP contribution in [-0.2, 0) is 9.53 Å². The van der Waals surface area contributed by atoms with Crippen LogP contribution >= 0.6 is 0 Å². The van der Waals surface area contributed by atoms with Crippen LogP contribution in [0.25, 0.3) is 11.1 Å². The number of ether oxygens (including phenoxy) is 1. The van der Waals surface area contributed by atoms with Gasteiger partial charge < -0.3 is 14.1 Å². The number of nitrogens with zero attached hydrogens (tertiary/aromatic N) is 3. The third-order valence-electron chi connectivity index (χ3n) is 5.25. The number of aromatic nitrogens is 1. The predicted octanol–water partition coefficient (Wildman–Crippen LogP) is 3.39. The zero-order chi connectivity index (χ0) is 21.5. The Kier molecular flexibility index (Phi) is 5.13. The molecule has 160 valence electrons. The van der Waals surface area contributed by atoms with E-state index in [0.717, 1.165) is 18.4 Å². The number of anilines is 1. The zero-order valence-electron chi connectivity index (χ0n) is 17.4. The van der Waals surface area contributed by atoms with E-state index in [1.807, 2.05) is 26.8 Å². The Balaban J connectivity index is 1.44. The van der Waals surface area contributed by atoms with Gasteiger partial charge in [-0.25, -0.2) is 14.6 Å². The van der Waals surface area contributed by atoms with Crippen LogP contribution in [0.3, 0.4) is 0 Å². The molecule has 0 spiro atoms. The lowest BCUT2D eigenvalue weighted by molar-refractivity contribution is -0.120. The lowest BCUT2D eigenvalue weighted by atomic mass is 9.97. The molecule has 0 atom stereocenters. The highest BCUT2D eigenvalue weighted by atomic mass is 16.6. The average Bonchev–Trinajstić information content (AvgIpc) is 3.10. The fraction of sp³-hybridized carbons (Fsp3) is 0.524. The van der Waals surface area contributed by atoms with Crippen LogP contribution < -0.4 is 10.2 Å². The Labute approximate surface area is 174 Å². The molecule has 2 saturated heterocycles. The first kappa shape index (κ1) is 20.2. The van der Waals surface area contributed by atoms with Crippen molar-refractivity contribution in [1.82, 2.24) is 15.2 Å². The molecule has 4 amide bonds. The molecule has 2 aliphatic heterocycles. The Morgan fingerprint density at radius 3 is 2.60 bits per heavy atom. The van der Waals surface area contributed by atoms with Crippen molar-refractivity contribution < 1.29 is 23.5 Å². The maximum Gasteiger partial charge on any atom is 0.410 e. The van der Waals surface area contributed by atoms with Crippen LogP contribution in [0, 0.1) is 0 Å². The predicted molar refractivity (Wildman–Crippen MR) is 109 cm³/mol. The van der Waals surface area contributed by atoms with E-state index in [1.165, 1.54) is 4.90 Å². The number of hydrogen-bond acceptors (Lipinski definition) is 6. The summed E-state index contributed by atoms with van der Waals surface area (Å²) in [5, 5.41) is 2.32. The van der Waals surface area contributed by atoms with Gasteiger partial charge in [0.05, 0.1) is 0 Å². The third kappa shape index (κ3) is 4.24. The maximum atomic E-state index is 12.2. The number of carbonyl (C=O) groups excluding carboxylic acids is 3. The number of nitrogens with one attached hydrogen (secondary N) is 1. The first-order chi connectivity index (χ1) is 14.2. The van der Waals surface area contributed by atoms with Crippen LogP contribution in [-0.4, -0.2) is 53.2 Å². The summed E-state index contributed by atoms with van der Waals surface area (Å²) in [7, 11) is 0. The molecular weight excluding hydrogens is 388 g/mol. The summed E-state index contributed by atoms with van der Waals surface area (Å²) in [6, 6.07) is 4.96. The highest BCUT2D eigenvalue weighted by Crippen LogP contribution is 2.32. The SMILES string of the molecule is CC(C)(C)OC(=O)N1CCC(c2nc3ccc(N4CCC(=O)NC4=O)cc3o2)CC1. The molecule has 0 saturated carbocycles. The molecule has 0 radical (unpaired) electrons. The molecule has 4 rings (SSSR count). The van der Waals surface area contributed by atoms with Gasteiger partial charge in [0.2, 0.25) is 5.91 Å². The summed E-state index contributed by atoms with van der Waals surface area (Å²) in [6.07, 6.45) is 1.47. The van der Waals surface area contributed by atoms with Gasteiger partial charge in [0.25, 0.3) is 0 Å². The first-order valence-corrected chi connectivity index (χ1v) is 10.2. The minimum Gasteiger partial charge on any atom is -0.444 e. The molecule has 30 heavy (non-hydrogen) atoms. The number of oxazole rings is 1. The molecule has 2 aromatic rings. The van der Waals surface area contributed by atoms with Gasteiger partial charge in [0.1, 0.15) is 11.1 Å². The number of fused-ring (bicyclic) bond motifs is 1. The van der Waals surface area contributed by atoms with Crippen molar-refractivity contribution in [2.75, 3.05) is 24.5 Å². The smallest absolute Gasteiger partial charge is 0.410 e. The number of imide groups is 1. The van der Waals surface area contributed by atoms with Gasteiger partial charge in [-0.1, -0.05) is 0 Å². The van der Waals surface area contributed by atoms with Crippen molar-refractivity contribution in [2.24, 2.45) is 0 Å². The summed E-state index contributed by atoms with van der Waals surface area (Å²) in [5.74, 6) is 0.497. The van der Waals surface area contributed by atoms with Gasteiger partial charge in [-0.2, -0.15) is 0 Å². The molecule has 2 aliphatic rings. The van der Waals surface area contributed by atoms with Crippen molar-refractivity contribution in [3.05, 3.63) is 24.1 Å². The Morgan fingerprint density at radius 1 is 1.20 bits per heavy atom. The summed E-state index contributed by atoms with van der Waals surface area (Å²) in [6.45, 7) is 7.08. The van der Waals surface area contributed by atoms with Gasteiger partial charge in [-0.3, -0.25) is 15.0 Å². The van der Waals surface area contributed by atoms with Gasteiger partial charge in [0.15, 0.2) is 11.5 Å². The average molecular weight is 414 g/mol. The zero-order valence-corrected chi connectivity index (χ0v) is 17.4. The summed E-state index contributed by atoms with van der Waals surface area (Å²) < 4.78 is 11.4. The van der Waals surface area contributed by atoms with E-state index in [-0.39, 0.29) is 24.3 Å². The van der Waals surface area contributed by atoms with E-state index >= 15 is 0 Å². The molecule has 1 aromatic carbocycles. The fourth-order valence-electron chi connectivity index (χ4n) is 3.72. The summed E-state index contributed by atoms with van der Waals surface area (Å²) >= 11 is 0. The van der Waals surface area contributed by atoms with Gasteiger partial charge in [-0.15, -0.1) is 0 Å². The van der Waals surface area contributed by atoms with Crippen LogP contribution in [0.4, 0.5) is 15.3 Å². The van der Waals surface area contributed by atoms with Crippen LogP contribution in [0.15, 0.2) is 22.6 Å². The second-order valence-corrected chi connectivity index (χ2v) is 8.70. The van der Waals surface area contributed by atoms with Crippen molar-refractivity contribution in [3.63, 3.8) is 0 Å². The van der Waals surface area contributed by atoms with Crippen LogP contribution in [0.5, 0.6) is 0 Å². The second kappa shape index (κ2) is 7.62. The normalized spacial score (nSPS) is 18.6.